The van der Waals surface area contributed by atoms with Gasteiger partial charge in [-0.2, -0.15) is 13.2 Å². The van der Waals surface area contributed by atoms with E-state index < -0.39 is 11.7 Å². The van der Waals surface area contributed by atoms with Crippen molar-refractivity contribution in [2.24, 2.45) is 0 Å². The molecule has 0 aliphatic heterocycles. The number of hydrogen-bond donors (Lipinski definition) is 3. The van der Waals surface area contributed by atoms with Crippen molar-refractivity contribution in [3.8, 4) is 11.3 Å². The molecular weight excluding hydrogens is 363 g/mol. The average Bonchev–Trinajstić information content (AvgIpc) is 3.10. The van der Waals surface area contributed by atoms with Crippen LogP contribution in [0.5, 0.6) is 0 Å². The van der Waals surface area contributed by atoms with E-state index in [1.54, 1.807) is 13.1 Å². The Morgan fingerprint density at radius 2 is 1.78 bits per heavy atom. The third kappa shape index (κ3) is 4.42. The van der Waals surface area contributed by atoms with E-state index in [-0.39, 0.29) is 17.6 Å². The number of oxazole rings is 1. The van der Waals surface area contributed by atoms with E-state index in [0.29, 0.717) is 17.0 Å². The zero-order chi connectivity index (χ0) is 19.4. The van der Waals surface area contributed by atoms with Crippen LogP contribution in [0.15, 0.2) is 53.2 Å². The summed E-state index contributed by atoms with van der Waals surface area (Å²) >= 11 is 0. The fourth-order valence-electron chi connectivity index (χ4n) is 2.19. The lowest BCUT2D eigenvalue weighted by Gasteiger charge is -2.06. The summed E-state index contributed by atoms with van der Waals surface area (Å²) in [6.07, 6.45) is -1.57. The normalized spacial score (nSPS) is 11.3. The number of aromatic nitrogens is 2. The highest BCUT2D eigenvalue weighted by atomic mass is 19.4. The molecule has 2 heterocycles. The number of anilines is 2. The maximum Gasteiger partial charge on any atom is 0.416 e. The summed E-state index contributed by atoms with van der Waals surface area (Å²) in [5, 5.41) is 2.86. The van der Waals surface area contributed by atoms with Crippen LogP contribution in [0, 0.1) is 0 Å². The molecule has 27 heavy (non-hydrogen) atoms. The van der Waals surface area contributed by atoms with Crippen LogP contribution in [0.4, 0.5) is 24.9 Å². The van der Waals surface area contributed by atoms with Crippen LogP contribution < -0.4 is 16.2 Å². The summed E-state index contributed by atoms with van der Waals surface area (Å²) < 4.78 is 43.3. The number of amides is 1. The highest BCUT2D eigenvalue weighted by molar-refractivity contribution is 5.92. The molecule has 1 amide bonds. The van der Waals surface area contributed by atoms with Crippen molar-refractivity contribution in [2.75, 3.05) is 12.4 Å². The molecule has 0 aliphatic carbocycles. The fourth-order valence-corrected chi connectivity index (χ4v) is 2.19. The van der Waals surface area contributed by atoms with Crippen LogP contribution in [-0.4, -0.2) is 22.9 Å². The Kier molecular flexibility index (Phi) is 5.08. The monoisotopic (exact) mass is 377 g/mol. The van der Waals surface area contributed by atoms with Crippen molar-refractivity contribution in [1.82, 2.24) is 20.8 Å². The molecule has 1 aromatic carbocycles. The Labute approximate surface area is 151 Å². The van der Waals surface area contributed by atoms with Crippen molar-refractivity contribution in [1.29, 1.82) is 0 Å². The molecule has 0 fully saturated rings. The molecule has 0 saturated heterocycles. The van der Waals surface area contributed by atoms with Gasteiger partial charge in [0.05, 0.1) is 23.6 Å². The van der Waals surface area contributed by atoms with Gasteiger partial charge in [-0.3, -0.25) is 10.2 Å². The lowest BCUT2D eigenvalue weighted by Crippen LogP contribution is -2.34. The number of rotatable bonds is 5. The molecule has 0 atom stereocenters. The molecule has 2 aromatic heterocycles. The maximum absolute atomic E-state index is 12.6. The number of hydrogen-bond acceptors (Lipinski definition) is 6. The lowest BCUT2D eigenvalue weighted by molar-refractivity contribution is -0.137. The summed E-state index contributed by atoms with van der Waals surface area (Å²) in [6.45, 7) is 0. The Hall–Kier alpha value is -3.40. The molecule has 0 unspecified atom stereocenters. The zero-order valence-corrected chi connectivity index (χ0v) is 14.0. The first-order valence-corrected chi connectivity index (χ1v) is 7.70. The van der Waals surface area contributed by atoms with Crippen LogP contribution in [0.2, 0.25) is 0 Å². The first kappa shape index (κ1) is 18.4. The standard InChI is InChI=1S/C17H14F3N5O2/c1-21-25-15(26)13-7-6-12(8-22-13)24-16-23-9-14(27-16)10-2-4-11(5-3-10)17(18,19)20/h2-9,21H,1H3,(H,23,24)(H,25,26). The third-order valence-electron chi connectivity index (χ3n) is 3.49. The first-order valence-electron chi connectivity index (χ1n) is 7.70. The topological polar surface area (TPSA) is 92.1 Å². The number of carbonyl (C=O) groups excluding carboxylic acids is 1. The van der Waals surface area contributed by atoms with Gasteiger partial charge in [0.1, 0.15) is 5.69 Å². The summed E-state index contributed by atoms with van der Waals surface area (Å²) in [4.78, 5) is 19.6. The minimum absolute atomic E-state index is 0.138. The number of halogens is 3. The van der Waals surface area contributed by atoms with Crippen LogP contribution in [0.25, 0.3) is 11.3 Å². The van der Waals surface area contributed by atoms with Gasteiger partial charge in [0.15, 0.2) is 5.76 Å². The van der Waals surface area contributed by atoms with Crippen molar-refractivity contribution in [3.63, 3.8) is 0 Å². The molecule has 3 aromatic rings. The summed E-state index contributed by atoms with van der Waals surface area (Å²) in [7, 11) is 1.56. The second kappa shape index (κ2) is 7.46. The van der Waals surface area contributed by atoms with Gasteiger partial charge in [-0.15, -0.1) is 0 Å². The van der Waals surface area contributed by atoms with Gasteiger partial charge in [0.25, 0.3) is 11.9 Å². The maximum atomic E-state index is 12.6. The van der Waals surface area contributed by atoms with Gasteiger partial charge in [-0.25, -0.2) is 15.4 Å². The number of nitrogens with one attached hydrogen (secondary N) is 3. The molecule has 0 saturated carbocycles. The zero-order valence-electron chi connectivity index (χ0n) is 14.0. The van der Waals surface area contributed by atoms with E-state index in [0.717, 1.165) is 12.1 Å². The Bertz CT molecular complexity index is 921. The molecule has 3 rings (SSSR count). The molecule has 10 heteroatoms. The fraction of sp³-hybridized carbons (Fsp3) is 0.118. The molecule has 7 nitrogen and oxygen atoms in total. The van der Waals surface area contributed by atoms with Crippen molar-refractivity contribution in [3.05, 3.63) is 60.0 Å². The van der Waals surface area contributed by atoms with Gasteiger partial charge < -0.3 is 9.73 Å². The van der Waals surface area contributed by atoms with Crippen molar-refractivity contribution < 1.29 is 22.4 Å². The summed E-state index contributed by atoms with van der Waals surface area (Å²) in [6, 6.07) is 7.83. The largest absolute Gasteiger partial charge is 0.423 e. The number of alkyl halides is 3. The van der Waals surface area contributed by atoms with Crippen LogP contribution >= 0.6 is 0 Å². The lowest BCUT2D eigenvalue weighted by atomic mass is 10.1. The van der Waals surface area contributed by atoms with Crippen molar-refractivity contribution in [2.45, 2.75) is 6.18 Å². The molecule has 0 aliphatic rings. The molecule has 0 radical (unpaired) electrons. The SMILES string of the molecule is CNNC(=O)c1ccc(Nc2ncc(-c3ccc(C(F)(F)F)cc3)o2)cn1. The van der Waals surface area contributed by atoms with E-state index >= 15 is 0 Å². The molecular formula is C17H14F3N5O2. The van der Waals surface area contributed by atoms with E-state index in [9.17, 15) is 18.0 Å². The van der Waals surface area contributed by atoms with Crippen LogP contribution in [0.3, 0.4) is 0 Å². The molecule has 0 bridgehead atoms. The molecule has 0 spiro atoms. The van der Waals surface area contributed by atoms with Gasteiger partial charge in [-0.1, -0.05) is 12.1 Å². The number of carbonyl (C=O) groups is 1. The van der Waals surface area contributed by atoms with E-state index in [2.05, 4.69) is 26.1 Å². The second-order valence-electron chi connectivity index (χ2n) is 5.37. The summed E-state index contributed by atoms with van der Waals surface area (Å²) in [5.74, 6) is -0.0750. The second-order valence-corrected chi connectivity index (χ2v) is 5.37. The average molecular weight is 377 g/mol. The number of benzene rings is 1. The Morgan fingerprint density at radius 1 is 1.04 bits per heavy atom. The van der Waals surface area contributed by atoms with E-state index in [1.165, 1.54) is 30.6 Å². The minimum atomic E-state index is -4.39. The highest BCUT2D eigenvalue weighted by Crippen LogP contribution is 2.31. The van der Waals surface area contributed by atoms with E-state index in [1.807, 2.05) is 0 Å². The number of pyridine rings is 1. The number of hydrazine groups is 1. The minimum Gasteiger partial charge on any atom is -0.423 e. The number of nitrogens with zero attached hydrogens (tertiary/aromatic N) is 2. The quantitative estimate of drug-likeness (QED) is 0.591. The van der Waals surface area contributed by atoms with Crippen molar-refractivity contribution >= 4 is 17.6 Å². The molecule has 3 N–H and O–H groups in total. The smallest absolute Gasteiger partial charge is 0.416 e. The van der Waals surface area contributed by atoms with Gasteiger partial charge >= 0.3 is 6.18 Å². The Morgan fingerprint density at radius 3 is 2.37 bits per heavy atom. The molecule has 140 valence electrons. The Balaban J connectivity index is 1.70. The third-order valence-corrected chi connectivity index (χ3v) is 3.49. The predicted molar refractivity (Wildman–Crippen MR) is 91.0 cm³/mol. The highest BCUT2D eigenvalue weighted by Gasteiger charge is 2.30. The van der Waals surface area contributed by atoms with Gasteiger partial charge in [0, 0.05) is 12.6 Å². The summed E-state index contributed by atoms with van der Waals surface area (Å²) in [5.41, 5.74) is 5.36. The predicted octanol–water partition coefficient (Wildman–Crippen LogP) is 3.36. The van der Waals surface area contributed by atoms with Crippen LogP contribution in [0.1, 0.15) is 16.1 Å². The van der Waals surface area contributed by atoms with Gasteiger partial charge in [0.2, 0.25) is 0 Å². The first-order chi connectivity index (χ1) is 12.9. The van der Waals surface area contributed by atoms with E-state index in [4.69, 9.17) is 4.42 Å². The van der Waals surface area contributed by atoms with Gasteiger partial charge in [-0.05, 0) is 24.3 Å². The van der Waals surface area contributed by atoms with Crippen LogP contribution in [-0.2, 0) is 6.18 Å².